The molecule has 0 unspecified atom stereocenters. The maximum atomic E-state index is 2.70. The molecule has 1 aliphatic carbocycles. The van der Waals surface area contributed by atoms with Crippen molar-refractivity contribution in [2.45, 2.75) is 189 Å². The fraction of sp³-hybridized carbons (Fsp3) is 0.367. The van der Waals surface area contributed by atoms with Crippen molar-refractivity contribution in [3.8, 4) is 11.1 Å². The highest BCUT2D eigenvalue weighted by atomic mass is 32.1. The van der Waals surface area contributed by atoms with Crippen molar-refractivity contribution in [2.75, 3.05) is 14.7 Å². The Hall–Kier alpha value is -6.82. The van der Waals surface area contributed by atoms with Crippen LogP contribution in [-0.4, -0.2) is 6.71 Å². The first-order valence-corrected chi connectivity index (χ1v) is 31.9. The minimum Gasteiger partial charge on any atom is -0.311 e. The van der Waals surface area contributed by atoms with Crippen LogP contribution in [-0.2, 0) is 37.9 Å². The van der Waals surface area contributed by atoms with E-state index in [1.54, 1.807) is 0 Å². The molecule has 3 aliphatic rings. The molecule has 3 nitrogen and oxygen atoms in total. The van der Waals surface area contributed by atoms with Gasteiger partial charge in [0, 0.05) is 60.2 Å². The second-order valence-corrected chi connectivity index (χ2v) is 32.7. The summed E-state index contributed by atoms with van der Waals surface area (Å²) in [5.74, 6) is 0. The molecule has 0 saturated carbocycles. The number of hydrogen-bond acceptors (Lipinski definition) is 4. The van der Waals surface area contributed by atoms with Gasteiger partial charge < -0.3 is 14.7 Å². The minimum absolute atomic E-state index is 0.00381. The molecule has 8 aromatic carbocycles. The number of hydrogen-bond donors (Lipinski definition) is 0. The van der Waals surface area contributed by atoms with Gasteiger partial charge in [-0.05, 0) is 198 Å². The molecule has 0 fully saturated rings. The molecular formula is C79H90BN3S. The van der Waals surface area contributed by atoms with E-state index in [-0.39, 0.29) is 44.6 Å². The molecule has 0 N–H and O–H groups in total. The number of anilines is 9. The van der Waals surface area contributed by atoms with Crippen molar-refractivity contribution in [3.63, 3.8) is 0 Å². The maximum absolute atomic E-state index is 2.70. The van der Waals surface area contributed by atoms with Crippen LogP contribution in [0.1, 0.15) is 189 Å². The number of nitrogens with zero attached hydrogens (tertiary/aromatic N) is 3. The molecule has 0 spiro atoms. The summed E-state index contributed by atoms with van der Waals surface area (Å²) in [6, 6.07) is 62.8. The van der Waals surface area contributed by atoms with Gasteiger partial charge in [0.1, 0.15) is 0 Å². The average Bonchev–Trinajstić information content (AvgIpc) is 1.36. The Bertz CT molecular complexity index is 3980. The Kier molecular flexibility index (Phi) is 13.5. The average molecular weight is 1120 g/mol. The van der Waals surface area contributed by atoms with E-state index in [0.717, 1.165) is 23.5 Å². The van der Waals surface area contributed by atoms with Crippen LogP contribution in [0.2, 0.25) is 0 Å². The van der Waals surface area contributed by atoms with Crippen LogP contribution in [0.3, 0.4) is 0 Å². The summed E-state index contributed by atoms with van der Waals surface area (Å²) >= 11 is 2.01. The van der Waals surface area contributed by atoms with E-state index in [1.807, 2.05) is 11.3 Å². The molecule has 84 heavy (non-hydrogen) atoms. The van der Waals surface area contributed by atoms with Gasteiger partial charge >= 0.3 is 0 Å². The van der Waals surface area contributed by atoms with Gasteiger partial charge in [-0.2, -0.15) is 0 Å². The summed E-state index contributed by atoms with van der Waals surface area (Å²) in [5, 5.41) is 1.32. The van der Waals surface area contributed by atoms with Crippen molar-refractivity contribution < 1.29 is 0 Å². The Balaban J connectivity index is 1.19. The molecule has 430 valence electrons. The largest absolute Gasteiger partial charge is 0.311 e. The monoisotopic (exact) mass is 1120 g/mol. The van der Waals surface area contributed by atoms with Crippen molar-refractivity contribution in [1.29, 1.82) is 0 Å². The number of rotatable bonds is 6. The molecule has 0 radical (unpaired) electrons. The lowest BCUT2D eigenvalue weighted by Crippen LogP contribution is -2.60. The maximum Gasteiger partial charge on any atom is 0.264 e. The molecule has 0 saturated heterocycles. The third-order valence-electron chi connectivity index (χ3n) is 19.2. The second kappa shape index (κ2) is 19.6. The lowest BCUT2D eigenvalue weighted by Gasteiger charge is -2.45. The van der Waals surface area contributed by atoms with Crippen LogP contribution in [0.15, 0.2) is 158 Å². The van der Waals surface area contributed by atoms with Crippen LogP contribution in [0.5, 0.6) is 0 Å². The van der Waals surface area contributed by atoms with Gasteiger partial charge in [0.25, 0.3) is 6.71 Å². The lowest BCUT2D eigenvalue weighted by atomic mass is 9.36. The van der Waals surface area contributed by atoms with E-state index in [4.69, 9.17) is 0 Å². The Morgan fingerprint density at radius 2 is 0.905 bits per heavy atom. The highest BCUT2D eigenvalue weighted by molar-refractivity contribution is 7.33. The third-order valence-corrected chi connectivity index (χ3v) is 20.4. The van der Waals surface area contributed by atoms with Crippen molar-refractivity contribution in [3.05, 3.63) is 202 Å². The number of thiophene rings is 1. The topological polar surface area (TPSA) is 9.72 Å². The van der Waals surface area contributed by atoms with Crippen LogP contribution in [0.25, 0.3) is 21.2 Å². The van der Waals surface area contributed by atoms with Crippen molar-refractivity contribution >= 4 is 95.0 Å². The first kappa shape index (κ1) is 57.6. The fourth-order valence-electron chi connectivity index (χ4n) is 13.7. The van der Waals surface area contributed by atoms with Gasteiger partial charge in [0.2, 0.25) is 0 Å². The van der Waals surface area contributed by atoms with Crippen molar-refractivity contribution in [1.82, 2.24) is 0 Å². The number of fused-ring (bicyclic) bond motifs is 7. The van der Waals surface area contributed by atoms with E-state index in [9.17, 15) is 0 Å². The van der Waals surface area contributed by atoms with E-state index >= 15 is 0 Å². The first-order valence-electron chi connectivity index (χ1n) is 31.1. The number of benzene rings is 8. The molecule has 3 heterocycles. The van der Waals surface area contributed by atoms with Gasteiger partial charge in [-0.1, -0.05) is 210 Å². The van der Waals surface area contributed by atoms with Gasteiger partial charge in [-0.15, -0.1) is 11.3 Å². The highest BCUT2D eigenvalue weighted by Crippen LogP contribution is 2.54. The SMILES string of the molecule is Cc1cc2c3c(c1)N(c1ccc4c(c1)C(C)(C)CCC4(C)C)c1c(sc4cc(C(C)(C)C)ccc14)B3c1ccc(N(c3ccc(C(C)(C)C)cc3)c3ccc(C(C)(C)C)cc3)cc1N2c1ccc(C(C)(C)C)cc1-c1ccc(C(C)(C)C)cc1. The molecule has 0 amide bonds. The minimum atomic E-state index is -0.0750. The second-order valence-electron chi connectivity index (χ2n) is 31.6. The highest BCUT2D eigenvalue weighted by Gasteiger charge is 2.47. The molecule has 0 bridgehead atoms. The molecule has 0 atom stereocenters. The van der Waals surface area contributed by atoms with Gasteiger partial charge in [-0.3, -0.25) is 0 Å². The van der Waals surface area contributed by atoms with Crippen LogP contribution in [0.4, 0.5) is 51.2 Å². The summed E-state index contributed by atoms with van der Waals surface area (Å²) in [5.41, 5.74) is 26.9. The summed E-state index contributed by atoms with van der Waals surface area (Å²) < 4.78 is 2.74. The van der Waals surface area contributed by atoms with Crippen LogP contribution < -0.4 is 30.4 Å². The molecule has 1 aromatic heterocycles. The zero-order chi connectivity index (χ0) is 60.2. The van der Waals surface area contributed by atoms with Gasteiger partial charge in [0.05, 0.1) is 11.4 Å². The zero-order valence-electron chi connectivity index (χ0n) is 54.3. The van der Waals surface area contributed by atoms with E-state index in [2.05, 4.69) is 311 Å². The Morgan fingerprint density at radius 1 is 0.429 bits per heavy atom. The third kappa shape index (κ3) is 9.92. The van der Waals surface area contributed by atoms with Crippen LogP contribution in [0, 0.1) is 6.92 Å². The smallest absolute Gasteiger partial charge is 0.264 e. The van der Waals surface area contributed by atoms with Gasteiger partial charge in [0.15, 0.2) is 0 Å². The summed E-state index contributed by atoms with van der Waals surface area (Å²) in [7, 11) is 0. The summed E-state index contributed by atoms with van der Waals surface area (Å²) in [6.07, 6.45) is 2.34. The van der Waals surface area contributed by atoms with Gasteiger partial charge in [-0.25, -0.2) is 0 Å². The molecule has 9 aromatic rings. The lowest BCUT2D eigenvalue weighted by molar-refractivity contribution is 0.332. The normalized spacial score (nSPS) is 15.6. The van der Waals surface area contributed by atoms with E-state index in [1.165, 1.54) is 122 Å². The predicted octanol–water partition coefficient (Wildman–Crippen LogP) is 21.3. The zero-order valence-corrected chi connectivity index (χ0v) is 55.1. The Labute approximate surface area is 509 Å². The predicted molar refractivity (Wildman–Crippen MR) is 369 cm³/mol. The molecule has 12 rings (SSSR count). The molecule has 2 aliphatic heterocycles. The summed E-state index contributed by atoms with van der Waals surface area (Å²) in [6.45, 7) is 47.0. The molecule has 5 heteroatoms. The van der Waals surface area contributed by atoms with Crippen molar-refractivity contribution in [2.24, 2.45) is 0 Å². The molecular weight excluding hydrogens is 1030 g/mol. The Morgan fingerprint density at radius 3 is 1.45 bits per heavy atom. The van der Waals surface area contributed by atoms with E-state index in [0.29, 0.717) is 0 Å². The van der Waals surface area contributed by atoms with E-state index < -0.39 is 0 Å². The van der Waals surface area contributed by atoms with Crippen LogP contribution >= 0.6 is 11.3 Å². The fourth-order valence-corrected chi connectivity index (χ4v) is 15.1. The first-order chi connectivity index (χ1) is 39.2. The quantitative estimate of drug-likeness (QED) is 0.154. The summed E-state index contributed by atoms with van der Waals surface area (Å²) in [4.78, 5) is 7.86. The standard InChI is InChI=1S/C79H90BN3S/c1-49-43-67-70-68(44-49)83(65-40-30-54(76(11,12)13)45-61(65)50-21-23-51(24-22-50)73(2,3)4)66-48-59(81(56-31-25-52(26-32-56)74(5,6)7)57-33-27-53(28-34-57)75(8,9)10)36-39-64(66)80(70)72-71(60-37-29-55(77(14,15)16)46-69(60)84-72)82(67)58-35-38-62-63(47-58)79(19,20)42-41-78(62,17)18/h21-40,43-48H,41-42H2,1-20H3. The number of aryl methyl sites for hydroxylation is 1.